The van der Waals surface area contributed by atoms with Crippen LogP contribution in [-0.4, -0.2) is 23.1 Å². The maximum atomic E-state index is 12.4. The summed E-state index contributed by atoms with van der Waals surface area (Å²) in [7, 11) is 0. The van der Waals surface area contributed by atoms with E-state index in [-0.39, 0.29) is 17.2 Å². The molecule has 0 heterocycles. The maximum Gasteiger partial charge on any atom is 0.339 e. The zero-order chi connectivity index (χ0) is 15.3. The minimum Gasteiger partial charge on any atom is -0.478 e. The number of aromatic carboxylic acids is 1. The van der Waals surface area contributed by atoms with E-state index < -0.39 is 11.9 Å². The summed E-state index contributed by atoms with van der Waals surface area (Å²) in [5, 5.41) is 9.20. The number of carbonyl (C=O) groups excluding carboxylic acids is 1. The van der Waals surface area contributed by atoms with Crippen LogP contribution in [-0.2, 0) is 4.74 Å². The van der Waals surface area contributed by atoms with Gasteiger partial charge in [0.05, 0.1) is 11.1 Å². The number of esters is 1. The molecule has 4 nitrogen and oxygen atoms in total. The van der Waals surface area contributed by atoms with Gasteiger partial charge < -0.3 is 9.84 Å². The fraction of sp³-hybridized carbons (Fsp3) is 0.556. The average molecular weight is 300 g/mol. The third kappa shape index (κ3) is 2.04. The van der Waals surface area contributed by atoms with E-state index in [1.165, 1.54) is 37.8 Å². The Morgan fingerprint density at radius 2 is 1.73 bits per heavy atom. The number of ether oxygens (including phenoxy) is 1. The molecule has 5 atom stereocenters. The van der Waals surface area contributed by atoms with Crippen molar-refractivity contribution in [2.75, 3.05) is 0 Å². The predicted octanol–water partition coefficient (Wildman–Crippen LogP) is 3.37. The van der Waals surface area contributed by atoms with E-state index >= 15 is 0 Å². The minimum atomic E-state index is -1.09. The SMILES string of the molecule is O=C(O)c1ccccc1C(=O)O[C@@H]1C[C@@H]2C[C@@H]1[C@@H]1CCC[C@@H]21. The number of rotatable bonds is 3. The molecule has 0 spiro atoms. The fourth-order valence-electron chi connectivity index (χ4n) is 5.19. The Bertz CT molecular complexity index is 623. The van der Waals surface area contributed by atoms with Gasteiger partial charge in [0.2, 0.25) is 0 Å². The van der Waals surface area contributed by atoms with Gasteiger partial charge >= 0.3 is 11.9 Å². The summed E-state index contributed by atoms with van der Waals surface area (Å²) < 4.78 is 5.73. The van der Waals surface area contributed by atoms with Gasteiger partial charge in [0.25, 0.3) is 0 Å². The Morgan fingerprint density at radius 1 is 1.00 bits per heavy atom. The first kappa shape index (κ1) is 13.8. The zero-order valence-corrected chi connectivity index (χ0v) is 12.4. The van der Waals surface area contributed by atoms with E-state index in [4.69, 9.17) is 4.74 Å². The van der Waals surface area contributed by atoms with Crippen LogP contribution in [0, 0.1) is 23.7 Å². The summed E-state index contributed by atoms with van der Waals surface area (Å²) in [5.41, 5.74) is 0.190. The van der Waals surface area contributed by atoms with Gasteiger partial charge in [0.15, 0.2) is 0 Å². The first-order valence-electron chi connectivity index (χ1n) is 8.18. The van der Waals surface area contributed by atoms with Gasteiger partial charge in [-0.3, -0.25) is 0 Å². The zero-order valence-electron chi connectivity index (χ0n) is 12.4. The molecule has 3 aliphatic rings. The predicted molar refractivity (Wildman–Crippen MR) is 79.6 cm³/mol. The Balaban J connectivity index is 1.51. The molecule has 0 aliphatic heterocycles. The summed E-state index contributed by atoms with van der Waals surface area (Å²) in [4.78, 5) is 23.6. The lowest BCUT2D eigenvalue weighted by Crippen LogP contribution is -2.32. The molecule has 0 aromatic heterocycles. The van der Waals surface area contributed by atoms with Crippen LogP contribution in [0.15, 0.2) is 24.3 Å². The number of carboxylic acid groups (broad SMARTS) is 1. The van der Waals surface area contributed by atoms with Gasteiger partial charge in [0.1, 0.15) is 6.10 Å². The van der Waals surface area contributed by atoms with Crippen LogP contribution in [0.3, 0.4) is 0 Å². The van der Waals surface area contributed by atoms with Crippen molar-refractivity contribution < 1.29 is 19.4 Å². The topological polar surface area (TPSA) is 63.6 Å². The van der Waals surface area contributed by atoms with Crippen molar-refractivity contribution in [3.63, 3.8) is 0 Å². The van der Waals surface area contributed by atoms with Crippen molar-refractivity contribution >= 4 is 11.9 Å². The standard InChI is InChI=1S/C18H20O4/c19-17(20)13-4-1-2-5-14(13)18(21)22-16-9-10-8-15(16)12-7-3-6-11(10)12/h1-2,4-5,10-12,15-16H,3,6-9H2,(H,19,20)/t10-,11-,12+,15+,16+/m0/s1. The Kier molecular flexibility index (Phi) is 3.21. The Labute approximate surface area is 129 Å². The summed E-state index contributed by atoms with van der Waals surface area (Å²) in [5.74, 6) is 1.22. The van der Waals surface area contributed by atoms with Crippen molar-refractivity contribution in [2.24, 2.45) is 23.7 Å². The van der Waals surface area contributed by atoms with E-state index in [0.29, 0.717) is 11.8 Å². The van der Waals surface area contributed by atoms with Gasteiger partial charge in [-0.05, 0) is 61.5 Å². The van der Waals surface area contributed by atoms with Crippen LogP contribution in [0.1, 0.15) is 52.8 Å². The van der Waals surface area contributed by atoms with Crippen LogP contribution in [0.5, 0.6) is 0 Å². The van der Waals surface area contributed by atoms with Gasteiger partial charge in [-0.2, -0.15) is 0 Å². The molecule has 0 amide bonds. The molecule has 1 aromatic rings. The smallest absolute Gasteiger partial charge is 0.339 e. The average Bonchev–Trinajstić information content (AvgIpc) is 3.19. The molecule has 1 N–H and O–H groups in total. The molecule has 4 rings (SSSR count). The first-order valence-corrected chi connectivity index (χ1v) is 8.18. The van der Waals surface area contributed by atoms with Crippen molar-refractivity contribution in [3.05, 3.63) is 35.4 Å². The highest BCUT2D eigenvalue weighted by Gasteiger charge is 2.55. The quantitative estimate of drug-likeness (QED) is 0.869. The second-order valence-corrected chi connectivity index (χ2v) is 6.95. The largest absolute Gasteiger partial charge is 0.478 e. The molecular weight excluding hydrogens is 280 g/mol. The number of hydrogen-bond acceptors (Lipinski definition) is 3. The van der Waals surface area contributed by atoms with Crippen LogP contribution < -0.4 is 0 Å². The molecule has 2 bridgehead atoms. The monoisotopic (exact) mass is 300 g/mol. The molecule has 0 unspecified atom stereocenters. The van der Waals surface area contributed by atoms with E-state index in [1.54, 1.807) is 12.1 Å². The first-order chi connectivity index (χ1) is 10.6. The molecular formula is C18H20O4. The van der Waals surface area contributed by atoms with Gasteiger partial charge in [-0.1, -0.05) is 18.6 Å². The number of benzene rings is 1. The highest BCUT2D eigenvalue weighted by Crippen LogP contribution is 2.59. The molecule has 3 aliphatic carbocycles. The summed E-state index contributed by atoms with van der Waals surface area (Å²) in [6.07, 6.45) is 6.06. The number of fused-ring (bicyclic) bond motifs is 5. The highest BCUT2D eigenvalue weighted by molar-refractivity contribution is 6.02. The third-order valence-corrected chi connectivity index (χ3v) is 6.00. The molecule has 0 saturated heterocycles. The summed E-state index contributed by atoms with van der Waals surface area (Å²) >= 11 is 0. The molecule has 4 heteroatoms. The van der Waals surface area contributed by atoms with Crippen LogP contribution in [0.25, 0.3) is 0 Å². The van der Waals surface area contributed by atoms with E-state index in [0.717, 1.165) is 18.3 Å². The van der Waals surface area contributed by atoms with Crippen LogP contribution in [0.4, 0.5) is 0 Å². The van der Waals surface area contributed by atoms with Crippen LogP contribution in [0.2, 0.25) is 0 Å². The second-order valence-electron chi connectivity index (χ2n) is 6.95. The third-order valence-electron chi connectivity index (χ3n) is 6.00. The van der Waals surface area contributed by atoms with E-state index in [2.05, 4.69) is 0 Å². The second kappa shape index (κ2) is 5.11. The number of hydrogen-bond donors (Lipinski definition) is 1. The lowest BCUT2D eigenvalue weighted by Gasteiger charge is -2.31. The Morgan fingerprint density at radius 3 is 2.50 bits per heavy atom. The van der Waals surface area contributed by atoms with Crippen molar-refractivity contribution in [1.29, 1.82) is 0 Å². The van der Waals surface area contributed by atoms with Crippen molar-refractivity contribution in [3.8, 4) is 0 Å². The normalized spacial score (nSPS) is 35.4. The number of carboxylic acids is 1. The van der Waals surface area contributed by atoms with Crippen LogP contribution >= 0.6 is 0 Å². The van der Waals surface area contributed by atoms with Gasteiger partial charge in [-0.15, -0.1) is 0 Å². The van der Waals surface area contributed by atoms with E-state index in [9.17, 15) is 14.7 Å². The van der Waals surface area contributed by atoms with Crippen molar-refractivity contribution in [2.45, 2.75) is 38.2 Å². The van der Waals surface area contributed by atoms with Gasteiger partial charge in [0, 0.05) is 0 Å². The molecule has 22 heavy (non-hydrogen) atoms. The Hall–Kier alpha value is -1.84. The van der Waals surface area contributed by atoms with E-state index in [1.807, 2.05) is 0 Å². The molecule has 3 saturated carbocycles. The molecule has 1 aromatic carbocycles. The maximum absolute atomic E-state index is 12.4. The molecule has 116 valence electrons. The molecule has 0 radical (unpaired) electrons. The fourth-order valence-corrected chi connectivity index (χ4v) is 5.19. The number of carbonyl (C=O) groups is 2. The summed E-state index contributed by atoms with van der Waals surface area (Å²) in [6, 6.07) is 6.29. The van der Waals surface area contributed by atoms with Crippen molar-refractivity contribution in [1.82, 2.24) is 0 Å². The highest BCUT2D eigenvalue weighted by atomic mass is 16.5. The summed E-state index contributed by atoms with van der Waals surface area (Å²) in [6.45, 7) is 0. The minimum absolute atomic E-state index is 0.0151. The van der Waals surface area contributed by atoms with Gasteiger partial charge in [-0.25, -0.2) is 9.59 Å². The lowest BCUT2D eigenvalue weighted by molar-refractivity contribution is 0.00115. The lowest BCUT2D eigenvalue weighted by atomic mass is 9.80. The molecule has 3 fully saturated rings.